The van der Waals surface area contributed by atoms with Crippen LogP contribution < -0.4 is 14.8 Å². The van der Waals surface area contributed by atoms with Gasteiger partial charge in [-0.1, -0.05) is 24.3 Å². The average Bonchev–Trinajstić information content (AvgIpc) is 3.09. The van der Waals surface area contributed by atoms with Gasteiger partial charge in [0.05, 0.1) is 14.2 Å². The van der Waals surface area contributed by atoms with E-state index in [4.69, 9.17) is 9.47 Å². The van der Waals surface area contributed by atoms with Crippen LogP contribution in [0.4, 0.5) is 0 Å². The lowest BCUT2D eigenvalue weighted by Gasteiger charge is -2.09. The fraction of sp³-hybridized carbons (Fsp3) is 0.286. The number of aromatic nitrogens is 1. The van der Waals surface area contributed by atoms with Crippen LogP contribution in [0.1, 0.15) is 17.5 Å². The predicted molar refractivity (Wildman–Crippen MR) is 103 cm³/mol. The number of aromatic amines is 1. The Morgan fingerprint density at radius 2 is 1.85 bits per heavy atom. The number of amides is 1. The molecule has 0 aliphatic heterocycles. The molecule has 0 saturated heterocycles. The second-order valence-electron chi connectivity index (χ2n) is 6.15. The molecule has 2 N–H and O–H groups in total. The summed E-state index contributed by atoms with van der Waals surface area (Å²) >= 11 is 0. The van der Waals surface area contributed by atoms with Crippen molar-refractivity contribution in [2.24, 2.45) is 0 Å². The van der Waals surface area contributed by atoms with E-state index in [9.17, 15) is 4.79 Å². The Kier molecular flexibility index (Phi) is 5.79. The first kappa shape index (κ1) is 17.9. The molecule has 3 aromatic rings. The summed E-state index contributed by atoms with van der Waals surface area (Å²) in [4.78, 5) is 15.4. The van der Waals surface area contributed by atoms with Crippen molar-refractivity contribution in [2.45, 2.75) is 19.3 Å². The molecule has 5 heteroatoms. The molecule has 136 valence electrons. The summed E-state index contributed by atoms with van der Waals surface area (Å²) < 4.78 is 10.5. The molecule has 0 aliphatic rings. The zero-order valence-electron chi connectivity index (χ0n) is 15.2. The van der Waals surface area contributed by atoms with E-state index < -0.39 is 0 Å². The number of fused-ring (bicyclic) bond motifs is 1. The molecule has 3 rings (SSSR count). The highest BCUT2D eigenvalue weighted by Gasteiger charge is 2.08. The highest BCUT2D eigenvalue weighted by molar-refractivity contribution is 5.83. The van der Waals surface area contributed by atoms with Crippen molar-refractivity contribution in [2.75, 3.05) is 20.8 Å². The Balaban J connectivity index is 1.47. The minimum Gasteiger partial charge on any atom is -0.493 e. The molecule has 0 fully saturated rings. The van der Waals surface area contributed by atoms with Crippen molar-refractivity contribution in [1.29, 1.82) is 0 Å². The number of carbonyl (C=O) groups is 1. The van der Waals surface area contributed by atoms with Crippen molar-refractivity contribution < 1.29 is 14.3 Å². The number of nitrogens with one attached hydrogen (secondary N) is 2. The maximum Gasteiger partial charge on any atom is 0.220 e. The monoisotopic (exact) mass is 352 g/mol. The fourth-order valence-corrected chi connectivity index (χ4v) is 3.06. The van der Waals surface area contributed by atoms with Gasteiger partial charge in [-0.3, -0.25) is 4.79 Å². The molecule has 1 heterocycles. The highest BCUT2D eigenvalue weighted by atomic mass is 16.5. The number of aryl methyl sites for hydroxylation is 1. The van der Waals surface area contributed by atoms with Crippen LogP contribution in [0.15, 0.2) is 48.7 Å². The summed E-state index contributed by atoms with van der Waals surface area (Å²) in [6, 6.07) is 13.9. The van der Waals surface area contributed by atoms with E-state index in [0.29, 0.717) is 30.9 Å². The van der Waals surface area contributed by atoms with E-state index in [2.05, 4.69) is 22.4 Å². The predicted octanol–water partition coefficient (Wildman–Crippen LogP) is 3.48. The van der Waals surface area contributed by atoms with Crippen LogP contribution in [0.5, 0.6) is 11.5 Å². The van der Waals surface area contributed by atoms with E-state index in [1.54, 1.807) is 14.2 Å². The van der Waals surface area contributed by atoms with Gasteiger partial charge in [-0.2, -0.15) is 0 Å². The molecule has 0 atom stereocenters. The lowest BCUT2D eigenvalue weighted by molar-refractivity contribution is -0.121. The van der Waals surface area contributed by atoms with Crippen molar-refractivity contribution >= 4 is 16.8 Å². The Morgan fingerprint density at radius 1 is 1.04 bits per heavy atom. The molecule has 1 amide bonds. The minimum atomic E-state index is 0.0552. The summed E-state index contributed by atoms with van der Waals surface area (Å²) in [5.74, 6) is 1.43. The van der Waals surface area contributed by atoms with Crippen molar-refractivity contribution in [3.8, 4) is 11.5 Å². The quantitative estimate of drug-likeness (QED) is 0.652. The molecule has 5 nitrogen and oxygen atoms in total. The zero-order valence-corrected chi connectivity index (χ0v) is 15.2. The van der Waals surface area contributed by atoms with E-state index in [-0.39, 0.29) is 5.91 Å². The van der Waals surface area contributed by atoms with Gasteiger partial charge in [0.2, 0.25) is 5.91 Å². The fourth-order valence-electron chi connectivity index (χ4n) is 3.06. The molecule has 0 spiro atoms. The van der Waals surface area contributed by atoms with Gasteiger partial charge in [-0.15, -0.1) is 0 Å². The summed E-state index contributed by atoms with van der Waals surface area (Å²) in [6.07, 6.45) is 3.94. The topological polar surface area (TPSA) is 63.3 Å². The summed E-state index contributed by atoms with van der Waals surface area (Å²) in [6.45, 7) is 0.632. The molecule has 2 aromatic carbocycles. The van der Waals surface area contributed by atoms with Crippen LogP contribution in [-0.2, 0) is 17.6 Å². The molecular weight excluding hydrogens is 328 g/mol. The van der Waals surface area contributed by atoms with E-state index in [1.807, 2.05) is 36.5 Å². The van der Waals surface area contributed by atoms with Crippen LogP contribution in [-0.4, -0.2) is 31.7 Å². The lowest BCUT2D eigenvalue weighted by Crippen LogP contribution is -2.25. The number of methoxy groups -OCH3 is 2. The van der Waals surface area contributed by atoms with Gasteiger partial charge in [0.1, 0.15) is 0 Å². The number of benzene rings is 2. The zero-order chi connectivity index (χ0) is 18.4. The molecule has 0 bridgehead atoms. The van der Waals surface area contributed by atoms with Crippen LogP contribution in [0.2, 0.25) is 0 Å². The third-order valence-corrected chi connectivity index (χ3v) is 4.48. The smallest absolute Gasteiger partial charge is 0.220 e. The highest BCUT2D eigenvalue weighted by Crippen LogP contribution is 2.27. The number of carbonyl (C=O) groups excluding carboxylic acids is 1. The molecule has 26 heavy (non-hydrogen) atoms. The first-order valence-electron chi connectivity index (χ1n) is 8.74. The second-order valence-corrected chi connectivity index (χ2v) is 6.15. The maximum absolute atomic E-state index is 12.1. The average molecular weight is 352 g/mol. The van der Waals surface area contributed by atoms with Crippen molar-refractivity contribution in [3.63, 3.8) is 0 Å². The van der Waals surface area contributed by atoms with Gasteiger partial charge in [-0.25, -0.2) is 0 Å². The van der Waals surface area contributed by atoms with Gasteiger partial charge in [0.25, 0.3) is 0 Å². The number of ether oxygens (including phenoxy) is 2. The standard InChI is InChI=1S/C21H24N2O3/c1-25-19-9-7-15(13-20(19)26-2)8-10-21(24)22-12-11-16-14-23-18-6-4-3-5-17(16)18/h3-7,9,13-14,23H,8,10-12H2,1-2H3,(H,22,24). The summed E-state index contributed by atoms with van der Waals surface area (Å²) in [5, 5.41) is 4.21. The van der Waals surface area contributed by atoms with E-state index in [1.165, 1.54) is 10.9 Å². The SMILES string of the molecule is COc1ccc(CCC(=O)NCCc2c[nH]c3ccccc23)cc1OC. The number of para-hydroxylation sites is 1. The van der Waals surface area contributed by atoms with Crippen molar-refractivity contribution in [3.05, 3.63) is 59.8 Å². The molecule has 0 aliphatic carbocycles. The van der Waals surface area contributed by atoms with Crippen LogP contribution in [0, 0.1) is 0 Å². The Hall–Kier alpha value is -2.95. The maximum atomic E-state index is 12.1. The van der Waals surface area contributed by atoms with E-state index in [0.717, 1.165) is 17.5 Å². The third kappa shape index (κ3) is 4.17. The van der Waals surface area contributed by atoms with Gasteiger partial charge < -0.3 is 19.8 Å². The van der Waals surface area contributed by atoms with Gasteiger partial charge in [0, 0.05) is 30.1 Å². The van der Waals surface area contributed by atoms with Gasteiger partial charge in [0.15, 0.2) is 11.5 Å². The summed E-state index contributed by atoms with van der Waals surface area (Å²) in [7, 11) is 3.22. The minimum absolute atomic E-state index is 0.0552. The van der Waals surface area contributed by atoms with Gasteiger partial charge >= 0.3 is 0 Å². The molecule has 0 unspecified atom stereocenters. The molecular formula is C21H24N2O3. The van der Waals surface area contributed by atoms with E-state index >= 15 is 0 Å². The van der Waals surface area contributed by atoms with Crippen LogP contribution >= 0.6 is 0 Å². The molecule has 0 radical (unpaired) electrons. The molecule has 1 aromatic heterocycles. The third-order valence-electron chi connectivity index (χ3n) is 4.48. The Bertz CT molecular complexity index is 886. The Labute approximate surface area is 153 Å². The first-order chi connectivity index (χ1) is 12.7. The number of hydrogen-bond acceptors (Lipinski definition) is 3. The largest absolute Gasteiger partial charge is 0.493 e. The lowest BCUT2D eigenvalue weighted by atomic mass is 10.1. The number of H-pyrrole nitrogens is 1. The molecule has 0 saturated carbocycles. The van der Waals surface area contributed by atoms with Crippen molar-refractivity contribution in [1.82, 2.24) is 10.3 Å². The van der Waals surface area contributed by atoms with Gasteiger partial charge in [-0.05, 0) is 42.2 Å². The number of hydrogen-bond donors (Lipinski definition) is 2. The second kappa shape index (κ2) is 8.43. The van der Waals surface area contributed by atoms with Crippen LogP contribution in [0.25, 0.3) is 10.9 Å². The summed E-state index contributed by atoms with van der Waals surface area (Å²) in [5.41, 5.74) is 3.40. The number of rotatable bonds is 8. The normalized spacial score (nSPS) is 10.7. The Morgan fingerprint density at radius 3 is 2.65 bits per heavy atom. The van der Waals surface area contributed by atoms with Crippen LogP contribution in [0.3, 0.4) is 0 Å². The first-order valence-corrected chi connectivity index (χ1v) is 8.74.